The molecule has 5 rings (SSSR count). The predicted molar refractivity (Wildman–Crippen MR) is 148 cm³/mol. The number of ether oxygens (including phenoxy) is 4. The van der Waals surface area contributed by atoms with Crippen LogP contribution in [0.2, 0.25) is 0 Å². The van der Waals surface area contributed by atoms with E-state index in [0.717, 1.165) is 33.4 Å². The van der Waals surface area contributed by atoms with Gasteiger partial charge in [0.2, 0.25) is 11.8 Å². The van der Waals surface area contributed by atoms with Gasteiger partial charge in [-0.2, -0.15) is 0 Å². The molecule has 0 aliphatic carbocycles. The van der Waals surface area contributed by atoms with Gasteiger partial charge in [-0.3, -0.25) is 4.79 Å². The van der Waals surface area contributed by atoms with E-state index in [0.29, 0.717) is 29.8 Å². The number of imidazole rings is 1. The highest BCUT2D eigenvalue weighted by atomic mass is 16.5. The van der Waals surface area contributed by atoms with Crippen LogP contribution in [0, 0.1) is 0 Å². The summed E-state index contributed by atoms with van der Waals surface area (Å²) in [5.74, 6) is 2.44. The van der Waals surface area contributed by atoms with Crippen LogP contribution in [0.15, 0.2) is 73.4 Å². The first-order valence-electron chi connectivity index (χ1n) is 12.2. The van der Waals surface area contributed by atoms with Crippen LogP contribution in [0.5, 0.6) is 23.3 Å². The molecule has 0 bridgehead atoms. The first-order chi connectivity index (χ1) is 19.5. The molecule has 0 fully saturated rings. The Kier molecular flexibility index (Phi) is 9.08. The molecular formula is C29H29N5O6. The fourth-order valence-electron chi connectivity index (χ4n) is 4.01. The van der Waals surface area contributed by atoms with E-state index in [4.69, 9.17) is 28.8 Å². The number of pyridine rings is 3. The smallest absolute Gasteiger partial charge is 0.290 e. The van der Waals surface area contributed by atoms with Crippen molar-refractivity contribution in [3.8, 4) is 34.4 Å². The zero-order chi connectivity index (χ0) is 28.5. The molecule has 11 nitrogen and oxygen atoms in total. The van der Waals surface area contributed by atoms with E-state index >= 15 is 0 Å². The SMILES string of the molecule is COc1ccc(-c2cnc3c(c2)ncn3Cc2ccc(OC(C)c3ccc(OC)nc3)c(OC)c2)cn1.O=CO. The molecule has 11 heteroatoms. The lowest BCUT2D eigenvalue weighted by molar-refractivity contribution is -0.122. The van der Waals surface area contributed by atoms with Crippen LogP contribution >= 0.6 is 0 Å². The Morgan fingerprint density at radius 2 is 1.52 bits per heavy atom. The Balaban J connectivity index is 0.00000118. The Hall–Kier alpha value is -5.19. The Labute approximate surface area is 231 Å². The van der Waals surface area contributed by atoms with Crippen molar-refractivity contribution >= 4 is 17.6 Å². The van der Waals surface area contributed by atoms with E-state index in [9.17, 15) is 0 Å². The van der Waals surface area contributed by atoms with Crippen molar-refractivity contribution in [1.29, 1.82) is 0 Å². The highest BCUT2D eigenvalue weighted by molar-refractivity contribution is 5.78. The van der Waals surface area contributed by atoms with Crippen molar-refractivity contribution in [3.63, 3.8) is 0 Å². The summed E-state index contributed by atoms with van der Waals surface area (Å²) in [6.07, 6.45) is 6.92. The van der Waals surface area contributed by atoms with Crippen molar-refractivity contribution in [2.75, 3.05) is 21.3 Å². The predicted octanol–water partition coefficient (Wildman–Crippen LogP) is 4.80. The van der Waals surface area contributed by atoms with Crippen LogP contribution in [0.1, 0.15) is 24.2 Å². The first-order valence-corrected chi connectivity index (χ1v) is 12.2. The van der Waals surface area contributed by atoms with E-state index in [-0.39, 0.29) is 12.6 Å². The van der Waals surface area contributed by atoms with Gasteiger partial charge >= 0.3 is 0 Å². The van der Waals surface area contributed by atoms with Gasteiger partial charge in [0.05, 0.1) is 34.2 Å². The highest BCUT2D eigenvalue weighted by Gasteiger charge is 2.14. The van der Waals surface area contributed by atoms with Gasteiger partial charge in [0, 0.05) is 47.4 Å². The average Bonchev–Trinajstić information content (AvgIpc) is 3.40. The van der Waals surface area contributed by atoms with Crippen molar-refractivity contribution in [1.82, 2.24) is 24.5 Å². The zero-order valence-electron chi connectivity index (χ0n) is 22.5. The molecule has 5 aromatic rings. The molecule has 1 atom stereocenters. The third-order valence-corrected chi connectivity index (χ3v) is 6.06. The summed E-state index contributed by atoms with van der Waals surface area (Å²) in [5, 5.41) is 6.89. The maximum absolute atomic E-state index is 8.36. The average molecular weight is 544 g/mol. The van der Waals surface area contributed by atoms with Gasteiger partial charge in [-0.1, -0.05) is 6.07 Å². The lowest BCUT2D eigenvalue weighted by atomic mass is 10.1. The molecule has 206 valence electrons. The van der Waals surface area contributed by atoms with Gasteiger partial charge in [-0.05, 0) is 42.8 Å². The van der Waals surface area contributed by atoms with Gasteiger partial charge in [-0.15, -0.1) is 0 Å². The number of fused-ring (bicyclic) bond motifs is 1. The summed E-state index contributed by atoms with van der Waals surface area (Å²) in [6.45, 7) is 2.30. The lowest BCUT2D eigenvalue weighted by Gasteiger charge is -2.18. The van der Waals surface area contributed by atoms with Crippen LogP contribution in [-0.2, 0) is 11.3 Å². The molecular weight excluding hydrogens is 514 g/mol. The normalized spacial score (nSPS) is 11.2. The summed E-state index contributed by atoms with van der Waals surface area (Å²) < 4.78 is 24.1. The largest absolute Gasteiger partial charge is 0.493 e. The number of methoxy groups -OCH3 is 3. The van der Waals surface area contributed by atoms with E-state index < -0.39 is 0 Å². The number of carboxylic acid groups (broad SMARTS) is 1. The van der Waals surface area contributed by atoms with Crippen LogP contribution in [0.4, 0.5) is 0 Å². The van der Waals surface area contributed by atoms with Gasteiger partial charge in [0.1, 0.15) is 11.6 Å². The van der Waals surface area contributed by atoms with Gasteiger partial charge in [0.25, 0.3) is 6.47 Å². The number of carbonyl (C=O) groups is 1. The van der Waals surface area contributed by atoms with E-state index in [2.05, 4.69) is 19.9 Å². The molecule has 4 heterocycles. The number of hydrogen-bond acceptors (Lipinski definition) is 9. The van der Waals surface area contributed by atoms with Crippen molar-refractivity contribution in [2.24, 2.45) is 0 Å². The number of aromatic nitrogens is 5. The molecule has 0 aliphatic heterocycles. The number of benzene rings is 1. The number of hydrogen-bond donors (Lipinski definition) is 1. The number of nitrogens with zero attached hydrogens (tertiary/aromatic N) is 5. The second kappa shape index (κ2) is 13.1. The molecule has 1 aromatic carbocycles. The zero-order valence-corrected chi connectivity index (χ0v) is 22.5. The van der Waals surface area contributed by atoms with E-state index in [1.165, 1.54) is 0 Å². The molecule has 0 amide bonds. The molecule has 0 spiro atoms. The fraction of sp³-hybridized carbons (Fsp3) is 0.207. The molecule has 1 unspecified atom stereocenters. The summed E-state index contributed by atoms with van der Waals surface area (Å²) in [6, 6.07) is 15.4. The molecule has 0 saturated heterocycles. The standard InChI is InChI=1S/C28H27N5O4.CH2O2/c1-18(20-6-9-26(35-3)29-13-20)37-24-8-5-19(11-25(24)34-2)16-33-17-32-23-12-22(15-31-28(23)33)21-7-10-27(36-4)30-14-21;2-1-3/h5-15,17-18H,16H2,1-4H3;1H,(H,2,3). The summed E-state index contributed by atoms with van der Waals surface area (Å²) >= 11 is 0. The molecule has 4 aromatic heterocycles. The lowest BCUT2D eigenvalue weighted by Crippen LogP contribution is -2.06. The topological polar surface area (TPSA) is 131 Å². The number of rotatable bonds is 9. The second-order valence-electron chi connectivity index (χ2n) is 8.51. The molecule has 0 radical (unpaired) electrons. The van der Waals surface area contributed by atoms with Crippen molar-refractivity contribution < 1.29 is 28.8 Å². The highest BCUT2D eigenvalue weighted by Crippen LogP contribution is 2.33. The van der Waals surface area contributed by atoms with Crippen LogP contribution in [0.25, 0.3) is 22.3 Å². The van der Waals surface area contributed by atoms with Gasteiger partial charge in [-0.25, -0.2) is 19.9 Å². The van der Waals surface area contributed by atoms with Crippen LogP contribution in [-0.4, -0.2) is 57.4 Å². The Bertz CT molecular complexity index is 1550. The molecule has 1 N–H and O–H groups in total. The summed E-state index contributed by atoms with van der Waals surface area (Å²) in [5.41, 5.74) is 5.47. The van der Waals surface area contributed by atoms with Crippen molar-refractivity contribution in [3.05, 3.63) is 84.6 Å². The van der Waals surface area contributed by atoms with Crippen molar-refractivity contribution in [2.45, 2.75) is 19.6 Å². The fourth-order valence-corrected chi connectivity index (χ4v) is 4.01. The van der Waals surface area contributed by atoms with Gasteiger partial charge in [0.15, 0.2) is 17.1 Å². The minimum atomic E-state index is -0.250. The maximum Gasteiger partial charge on any atom is 0.290 e. The third-order valence-electron chi connectivity index (χ3n) is 6.06. The molecule has 40 heavy (non-hydrogen) atoms. The summed E-state index contributed by atoms with van der Waals surface area (Å²) in [7, 11) is 4.82. The quantitative estimate of drug-likeness (QED) is 0.259. The first kappa shape index (κ1) is 27.8. The summed E-state index contributed by atoms with van der Waals surface area (Å²) in [4.78, 5) is 26.1. The van der Waals surface area contributed by atoms with Crippen LogP contribution in [0.3, 0.4) is 0 Å². The third kappa shape index (κ3) is 6.44. The minimum absolute atomic E-state index is 0.213. The maximum atomic E-state index is 8.36. The second-order valence-corrected chi connectivity index (χ2v) is 8.51. The van der Waals surface area contributed by atoms with Crippen LogP contribution < -0.4 is 18.9 Å². The van der Waals surface area contributed by atoms with E-state index in [1.807, 2.05) is 66.2 Å². The Morgan fingerprint density at radius 3 is 2.15 bits per heavy atom. The van der Waals surface area contributed by atoms with Gasteiger partial charge < -0.3 is 28.6 Å². The minimum Gasteiger partial charge on any atom is -0.493 e. The Morgan fingerprint density at radius 1 is 0.825 bits per heavy atom. The molecule has 0 saturated carbocycles. The monoisotopic (exact) mass is 543 g/mol. The van der Waals surface area contributed by atoms with E-state index in [1.54, 1.807) is 40.1 Å². The molecule has 0 aliphatic rings.